The standard InChI is InChI=1S/C21H23N3O3S/c25-19(10-3-11-22-20(26)17-8-5-13-27-17)24-12-4-6-15(14-24)21-23-16-7-1-2-9-18(16)28-21/h1-2,5,7-9,13,15H,3-4,6,10-12,14H2,(H,22,26). The zero-order valence-corrected chi connectivity index (χ0v) is 16.4. The maximum atomic E-state index is 12.6. The van der Waals surface area contributed by atoms with Crippen molar-refractivity contribution in [2.24, 2.45) is 0 Å². The highest BCUT2D eigenvalue weighted by Gasteiger charge is 2.26. The molecule has 3 heterocycles. The third-order valence-electron chi connectivity index (χ3n) is 5.03. The Morgan fingerprint density at radius 1 is 1.25 bits per heavy atom. The van der Waals surface area contributed by atoms with E-state index in [1.165, 1.54) is 11.0 Å². The van der Waals surface area contributed by atoms with Crippen molar-refractivity contribution in [3.05, 3.63) is 53.4 Å². The summed E-state index contributed by atoms with van der Waals surface area (Å²) in [5.41, 5.74) is 1.04. The zero-order valence-electron chi connectivity index (χ0n) is 15.6. The van der Waals surface area contributed by atoms with E-state index in [1.807, 2.05) is 23.1 Å². The molecule has 0 saturated carbocycles. The molecule has 0 aliphatic carbocycles. The van der Waals surface area contributed by atoms with Crippen molar-refractivity contribution in [2.75, 3.05) is 19.6 Å². The quantitative estimate of drug-likeness (QED) is 0.642. The first-order valence-electron chi connectivity index (χ1n) is 9.65. The Bertz CT molecular complexity index is 918. The predicted molar refractivity (Wildman–Crippen MR) is 108 cm³/mol. The Morgan fingerprint density at radius 3 is 2.96 bits per heavy atom. The fourth-order valence-electron chi connectivity index (χ4n) is 3.56. The van der Waals surface area contributed by atoms with Crippen molar-refractivity contribution in [3.63, 3.8) is 0 Å². The highest BCUT2D eigenvalue weighted by atomic mass is 32.1. The molecule has 2 aromatic heterocycles. The second kappa shape index (κ2) is 8.56. The van der Waals surface area contributed by atoms with E-state index in [1.54, 1.807) is 23.5 Å². The van der Waals surface area contributed by atoms with E-state index in [-0.39, 0.29) is 11.8 Å². The molecule has 1 aromatic carbocycles. The predicted octanol–water partition coefficient (Wildman–Crippen LogP) is 3.81. The van der Waals surface area contributed by atoms with Crippen molar-refractivity contribution >= 4 is 33.4 Å². The maximum Gasteiger partial charge on any atom is 0.286 e. The number of thiazole rings is 1. The molecule has 1 saturated heterocycles. The number of nitrogens with zero attached hydrogens (tertiary/aromatic N) is 2. The minimum atomic E-state index is -0.244. The van der Waals surface area contributed by atoms with Crippen molar-refractivity contribution in [2.45, 2.75) is 31.6 Å². The molecule has 0 radical (unpaired) electrons. The average molecular weight is 398 g/mol. The van der Waals surface area contributed by atoms with Crippen molar-refractivity contribution < 1.29 is 14.0 Å². The van der Waals surface area contributed by atoms with E-state index in [9.17, 15) is 9.59 Å². The number of piperidine rings is 1. The number of hydrogen-bond donors (Lipinski definition) is 1. The molecule has 1 N–H and O–H groups in total. The van der Waals surface area contributed by atoms with Gasteiger partial charge in [-0.25, -0.2) is 4.98 Å². The molecule has 0 bridgehead atoms. The Kier molecular flexibility index (Phi) is 5.71. The number of rotatable bonds is 6. The number of carbonyl (C=O) groups is 2. The van der Waals surface area contributed by atoms with Gasteiger partial charge in [0.05, 0.1) is 21.5 Å². The minimum Gasteiger partial charge on any atom is -0.459 e. The lowest BCUT2D eigenvalue weighted by atomic mass is 9.98. The molecule has 2 amide bonds. The second-order valence-corrected chi connectivity index (χ2v) is 8.10. The van der Waals surface area contributed by atoms with Crippen molar-refractivity contribution in [1.82, 2.24) is 15.2 Å². The summed E-state index contributed by atoms with van der Waals surface area (Å²) in [6.07, 6.45) is 4.60. The number of aromatic nitrogens is 1. The van der Waals surface area contributed by atoms with Crippen molar-refractivity contribution in [1.29, 1.82) is 0 Å². The zero-order chi connectivity index (χ0) is 19.3. The van der Waals surface area contributed by atoms with Crippen LogP contribution in [-0.2, 0) is 4.79 Å². The monoisotopic (exact) mass is 397 g/mol. The van der Waals surface area contributed by atoms with E-state index in [0.717, 1.165) is 36.5 Å². The Balaban J connectivity index is 1.26. The molecular formula is C21H23N3O3S. The number of fused-ring (bicyclic) bond motifs is 1. The van der Waals surface area contributed by atoms with Crippen LogP contribution in [0.3, 0.4) is 0 Å². The Morgan fingerprint density at radius 2 is 2.14 bits per heavy atom. The lowest BCUT2D eigenvalue weighted by molar-refractivity contribution is -0.132. The molecule has 4 rings (SSSR count). The number of carbonyl (C=O) groups excluding carboxylic acids is 2. The number of benzene rings is 1. The van der Waals surface area contributed by atoms with Crippen molar-refractivity contribution in [3.8, 4) is 0 Å². The summed E-state index contributed by atoms with van der Waals surface area (Å²) in [7, 11) is 0. The molecule has 1 fully saturated rings. The first-order chi connectivity index (χ1) is 13.7. The maximum absolute atomic E-state index is 12.6. The first kappa shape index (κ1) is 18.7. The summed E-state index contributed by atoms with van der Waals surface area (Å²) >= 11 is 1.74. The van der Waals surface area contributed by atoms with Gasteiger partial charge in [-0.15, -0.1) is 11.3 Å². The average Bonchev–Trinajstić information content (AvgIpc) is 3.41. The van der Waals surface area contributed by atoms with Crippen LogP contribution in [-0.4, -0.2) is 41.3 Å². The van der Waals surface area contributed by atoms with Gasteiger partial charge in [0.2, 0.25) is 5.91 Å². The van der Waals surface area contributed by atoms with Gasteiger partial charge < -0.3 is 14.6 Å². The van der Waals surface area contributed by atoms with E-state index in [2.05, 4.69) is 11.4 Å². The SMILES string of the molecule is O=C(NCCCC(=O)N1CCCC(c2nc3ccccc3s2)C1)c1ccco1. The topological polar surface area (TPSA) is 75.4 Å². The number of hydrogen-bond acceptors (Lipinski definition) is 5. The molecule has 1 atom stereocenters. The van der Waals surface area contributed by atoms with Gasteiger partial charge in [-0.05, 0) is 43.5 Å². The smallest absolute Gasteiger partial charge is 0.286 e. The summed E-state index contributed by atoms with van der Waals surface area (Å²) in [5.74, 6) is 0.513. The number of nitrogens with one attached hydrogen (secondary N) is 1. The van der Waals surface area contributed by atoms with Gasteiger partial charge in [0, 0.05) is 32.0 Å². The molecule has 146 valence electrons. The van der Waals surface area contributed by atoms with Crippen LogP contribution in [0.25, 0.3) is 10.2 Å². The van der Waals surface area contributed by atoms with E-state index >= 15 is 0 Å². The van der Waals surface area contributed by atoms with Gasteiger partial charge in [0.15, 0.2) is 5.76 Å². The van der Waals surface area contributed by atoms with Crippen LogP contribution in [0.4, 0.5) is 0 Å². The number of likely N-dealkylation sites (tertiary alicyclic amines) is 1. The van der Waals surface area contributed by atoms with Crippen LogP contribution in [0.2, 0.25) is 0 Å². The molecule has 1 unspecified atom stereocenters. The van der Waals surface area contributed by atoms with E-state index in [4.69, 9.17) is 9.40 Å². The van der Waals surface area contributed by atoms with Crippen LogP contribution in [0.5, 0.6) is 0 Å². The largest absolute Gasteiger partial charge is 0.459 e. The van der Waals surface area contributed by atoms with Gasteiger partial charge in [0.1, 0.15) is 0 Å². The summed E-state index contributed by atoms with van der Waals surface area (Å²) < 4.78 is 6.25. The van der Waals surface area contributed by atoms with Gasteiger partial charge in [-0.2, -0.15) is 0 Å². The molecule has 1 aliphatic heterocycles. The van der Waals surface area contributed by atoms with Gasteiger partial charge in [-0.1, -0.05) is 12.1 Å². The second-order valence-electron chi connectivity index (χ2n) is 7.04. The van der Waals surface area contributed by atoms with E-state index in [0.29, 0.717) is 31.1 Å². The molecule has 28 heavy (non-hydrogen) atoms. The molecule has 0 spiro atoms. The fraction of sp³-hybridized carbons (Fsp3) is 0.381. The fourth-order valence-corrected chi connectivity index (χ4v) is 4.66. The molecule has 1 aliphatic rings. The summed E-state index contributed by atoms with van der Waals surface area (Å²) in [6.45, 7) is 2.00. The number of amides is 2. The normalized spacial score (nSPS) is 17.0. The van der Waals surface area contributed by atoms with E-state index < -0.39 is 0 Å². The number of furan rings is 1. The van der Waals surface area contributed by atoms with Gasteiger partial charge in [0.25, 0.3) is 5.91 Å². The molecule has 6 nitrogen and oxygen atoms in total. The van der Waals surface area contributed by atoms with Crippen LogP contribution >= 0.6 is 11.3 Å². The number of para-hydroxylation sites is 1. The lowest BCUT2D eigenvalue weighted by Crippen LogP contribution is -2.39. The highest BCUT2D eigenvalue weighted by molar-refractivity contribution is 7.18. The summed E-state index contributed by atoms with van der Waals surface area (Å²) in [5, 5.41) is 3.91. The molecule has 7 heteroatoms. The highest BCUT2D eigenvalue weighted by Crippen LogP contribution is 2.33. The summed E-state index contributed by atoms with van der Waals surface area (Å²) in [6, 6.07) is 11.5. The molecular weight excluding hydrogens is 374 g/mol. The Hall–Kier alpha value is -2.67. The third kappa shape index (κ3) is 4.25. The van der Waals surface area contributed by atoms with Crippen LogP contribution in [0.1, 0.15) is 47.2 Å². The molecule has 3 aromatic rings. The Labute approximate surface area is 167 Å². The van der Waals surface area contributed by atoms with Gasteiger partial charge in [-0.3, -0.25) is 9.59 Å². The summed E-state index contributed by atoms with van der Waals surface area (Å²) in [4.78, 5) is 31.1. The lowest BCUT2D eigenvalue weighted by Gasteiger charge is -2.32. The van der Waals surface area contributed by atoms with Crippen LogP contribution < -0.4 is 5.32 Å². The van der Waals surface area contributed by atoms with Gasteiger partial charge >= 0.3 is 0 Å². The third-order valence-corrected chi connectivity index (χ3v) is 6.23. The van der Waals surface area contributed by atoms with Crippen LogP contribution in [0, 0.1) is 0 Å². The minimum absolute atomic E-state index is 0.151. The van der Waals surface area contributed by atoms with Crippen LogP contribution in [0.15, 0.2) is 47.1 Å². The first-order valence-corrected chi connectivity index (χ1v) is 10.5.